The van der Waals surface area contributed by atoms with Crippen molar-refractivity contribution in [1.29, 1.82) is 0 Å². The van der Waals surface area contributed by atoms with E-state index >= 15 is 0 Å². The molecule has 2 fully saturated rings. The topological polar surface area (TPSA) is 57.2 Å². The molecule has 6 nitrogen and oxygen atoms in total. The van der Waals surface area contributed by atoms with Crippen LogP contribution in [-0.4, -0.2) is 64.0 Å². The highest BCUT2D eigenvalue weighted by Crippen LogP contribution is 2.40. The molecule has 138 valence electrons. The second-order valence-corrected chi connectivity index (χ2v) is 6.80. The molecule has 0 unspecified atom stereocenters. The van der Waals surface area contributed by atoms with Crippen LogP contribution in [0.15, 0.2) is 24.3 Å². The van der Waals surface area contributed by atoms with Gasteiger partial charge in [-0.05, 0) is 31.4 Å². The molecule has 2 saturated heterocycles. The van der Waals surface area contributed by atoms with Gasteiger partial charge >= 0.3 is 0 Å². The van der Waals surface area contributed by atoms with E-state index in [0.29, 0.717) is 31.2 Å². The van der Waals surface area contributed by atoms with Crippen molar-refractivity contribution in [3.8, 4) is 11.5 Å². The molecule has 0 N–H and O–H groups in total. The number of fused-ring (bicyclic) bond motifs is 1. The van der Waals surface area contributed by atoms with Crippen LogP contribution in [0, 0.1) is 5.41 Å². The van der Waals surface area contributed by atoms with Crippen LogP contribution in [0.4, 0.5) is 0 Å². The third kappa shape index (κ3) is 3.90. The second kappa shape index (κ2) is 8.06. The van der Waals surface area contributed by atoms with Crippen LogP contribution >= 0.6 is 0 Å². The summed E-state index contributed by atoms with van der Waals surface area (Å²) in [6, 6.07) is 7.36. The van der Waals surface area contributed by atoms with Gasteiger partial charge in [0.2, 0.25) is 0 Å². The third-order valence-corrected chi connectivity index (χ3v) is 5.19. The first kappa shape index (κ1) is 18.0. The van der Waals surface area contributed by atoms with Crippen LogP contribution in [0.3, 0.4) is 0 Å². The number of nitrogens with zero attached hydrogens (tertiary/aromatic N) is 1. The number of ether oxygens (including phenoxy) is 4. The predicted molar refractivity (Wildman–Crippen MR) is 93.0 cm³/mol. The molecular weight excluding hydrogens is 322 g/mol. The Labute approximate surface area is 149 Å². The van der Waals surface area contributed by atoms with Crippen LogP contribution in [0.5, 0.6) is 11.5 Å². The smallest absolute Gasteiger partial charge is 0.260 e. The number of benzene rings is 1. The fraction of sp³-hybridized carbons (Fsp3) is 0.632. The van der Waals surface area contributed by atoms with Crippen LogP contribution in [0.1, 0.15) is 19.3 Å². The molecule has 1 aromatic rings. The predicted octanol–water partition coefficient (Wildman–Crippen LogP) is 2.12. The number of amides is 1. The molecule has 2 aliphatic rings. The highest BCUT2D eigenvalue weighted by molar-refractivity contribution is 5.78. The number of hydrogen-bond acceptors (Lipinski definition) is 5. The van der Waals surface area contributed by atoms with Crippen molar-refractivity contribution in [2.45, 2.75) is 25.4 Å². The maximum absolute atomic E-state index is 12.7. The summed E-state index contributed by atoms with van der Waals surface area (Å²) in [5, 5.41) is 0. The first-order valence-electron chi connectivity index (χ1n) is 8.83. The van der Waals surface area contributed by atoms with E-state index < -0.39 is 0 Å². The van der Waals surface area contributed by atoms with Crippen molar-refractivity contribution in [3.63, 3.8) is 0 Å². The van der Waals surface area contributed by atoms with Gasteiger partial charge in [-0.2, -0.15) is 0 Å². The Bertz CT molecular complexity index is 589. The third-order valence-electron chi connectivity index (χ3n) is 5.19. The van der Waals surface area contributed by atoms with Crippen LogP contribution in [-0.2, 0) is 14.3 Å². The molecule has 1 amide bonds. The van der Waals surface area contributed by atoms with Gasteiger partial charge in [-0.25, -0.2) is 0 Å². The van der Waals surface area contributed by atoms with Crippen molar-refractivity contribution in [2.75, 3.05) is 47.1 Å². The lowest BCUT2D eigenvalue weighted by Crippen LogP contribution is -2.58. The van der Waals surface area contributed by atoms with E-state index in [2.05, 4.69) is 0 Å². The van der Waals surface area contributed by atoms with Crippen molar-refractivity contribution < 1.29 is 23.7 Å². The molecule has 2 atom stereocenters. The Morgan fingerprint density at radius 3 is 2.88 bits per heavy atom. The van der Waals surface area contributed by atoms with Crippen LogP contribution < -0.4 is 9.47 Å². The Balaban J connectivity index is 1.62. The molecule has 2 heterocycles. The quantitative estimate of drug-likeness (QED) is 0.787. The average Bonchev–Trinajstić information content (AvgIpc) is 2.65. The SMILES string of the molecule is COC[C@@]12CCCO[C@@H]1CCN(C(=O)COc1ccccc1OC)C2. The van der Waals surface area contributed by atoms with Crippen molar-refractivity contribution in [1.82, 2.24) is 4.90 Å². The number of hydrogen-bond donors (Lipinski definition) is 0. The summed E-state index contributed by atoms with van der Waals surface area (Å²) in [6.07, 6.45) is 3.08. The first-order valence-corrected chi connectivity index (χ1v) is 8.83. The number of methoxy groups -OCH3 is 2. The summed E-state index contributed by atoms with van der Waals surface area (Å²) >= 11 is 0. The van der Waals surface area contributed by atoms with E-state index in [0.717, 1.165) is 25.9 Å². The minimum absolute atomic E-state index is 0.00888. The molecule has 0 aromatic heterocycles. The number of piperidine rings is 1. The standard InChI is InChI=1S/C19H27NO5/c1-22-14-19-9-5-11-24-17(19)8-10-20(13-19)18(21)12-25-16-7-4-3-6-15(16)23-2/h3-4,6-7,17H,5,8-14H2,1-2H3/t17-,19+/m1/s1. The maximum Gasteiger partial charge on any atom is 0.260 e. The van der Waals surface area contributed by atoms with Gasteiger partial charge in [-0.1, -0.05) is 12.1 Å². The zero-order valence-corrected chi connectivity index (χ0v) is 15.0. The number of rotatable bonds is 6. The molecule has 1 aromatic carbocycles. The van der Waals surface area contributed by atoms with E-state index in [4.69, 9.17) is 18.9 Å². The van der Waals surface area contributed by atoms with Gasteiger partial charge in [0.15, 0.2) is 18.1 Å². The summed E-state index contributed by atoms with van der Waals surface area (Å²) in [5.41, 5.74) is -0.0919. The monoisotopic (exact) mass is 349 g/mol. The maximum atomic E-state index is 12.7. The summed E-state index contributed by atoms with van der Waals surface area (Å²) < 4.78 is 22.4. The Morgan fingerprint density at radius 1 is 1.32 bits per heavy atom. The van der Waals surface area contributed by atoms with Gasteiger partial charge in [0, 0.05) is 32.2 Å². The average molecular weight is 349 g/mol. The van der Waals surface area contributed by atoms with Gasteiger partial charge < -0.3 is 23.8 Å². The molecule has 6 heteroatoms. The van der Waals surface area contributed by atoms with Gasteiger partial charge in [-0.3, -0.25) is 4.79 Å². The Kier molecular flexibility index (Phi) is 5.81. The Hall–Kier alpha value is -1.79. The van der Waals surface area contributed by atoms with Crippen molar-refractivity contribution in [3.05, 3.63) is 24.3 Å². The summed E-state index contributed by atoms with van der Waals surface area (Å²) in [7, 11) is 3.30. The molecule has 2 aliphatic heterocycles. The van der Waals surface area contributed by atoms with E-state index in [9.17, 15) is 4.79 Å². The summed E-state index contributed by atoms with van der Waals surface area (Å²) in [6.45, 7) is 2.80. The zero-order valence-electron chi connectivity index (χ0n) is 15.0. The largest absolute Gasteiger partial charge is 0.493 e. The van der Waals surface area contributed by atoms with Crippen molar-refractivity contribution in [2.24, 2.45) is 5.41 Å². The first-order chi connectivity index (χ1) is 12.2. The van der Waals surface area contributed by atoms with Gasteiger partial charge in [0.1, 0.15) is 0 Å². The number of para-hydroxylation sites is 2. The lowest BCUT2D eigenvalue weighted by atomic mass is 9.73. The van der Waals surface area contributed by atoms with Crippen LogP contribution in [0.25, 0.3) is 0 Å². The fourth-order valence-electron chi connectivity index (χ4n) is 3.97. The van der Waals surface area contributed by atoms with E-state index in [-0.39, 0.29) is 24.0 Å². The van der Waals surface area contributed by atoms with Crippen LogP contribution in [0.2, 0.25) is 0 Å². The second-order valence-electron chi connectivity index (χ2n) is 6.80. The number of likely N-dealkylation sites (tertiary alicyclic amines) is 1. The van der Waals surface area contributed by atoms with Gasteiger partial charge in [0.05, 0.1) is 19.8 Å². The van der Waals surface area contributed by atoms with Crippen molar-refractivity contribution >= 4 is 5.91 Å². The van der Waals surface area contributed by atoms with E-state index in [1.807, 2.05) is 23.1 Å². The lowest BCUT2D eigenvalue weighted by Gasteiger charge is -2.50. The normalized spacial score (nSPS) is 26.0. The number of carbonyl (C=O) groups excluding carboxylic acids is 1. The van der Waals surface area contributed by atoms with E-state index in [1.165, 1.54) is 0 Å². The highest BCUT2D eigenvalue weighted by Gasteiger charge is 2.47. The highest BCUT2D eigenvalue weighted by atomic mass is 16.5. The Morgan fingerprint density at radius 2 is 2.12 bits per heavy atom. The summed E-state index contributed by atoms with van der Waals surface area (Å²) in [4.78, 5) is 14.6. The molecule has 0 saturated carbocycles. The number of carbonyl (C=O) groups is 1. The van der Waals surface area contributed by atoms with Gasteiger partial charge in [-0.15, -0.1) is 0 Å². The lowest BCUT2D eigenvalue weighted by molar-refractivity contribution is -0.163. The zero-order chi connectivity index (χ0) is 17.7. The summed E-state index contributed by atoms with van der Waals surface area (Å²) in [5.74, 6) is 1.21. The molecule has 0 bridgehead atoms. The van der Waals surface area contributed by atoms with E-state index in [1.54, 1.807) is 20.3 Å². The fourth-order valence-corrected chi connectivity index (χ4v) is 3.97. The molecule has 25 heavy (non-hydrogen) atoms. The molecule has 0 aliphatic carbocycles. The van der Waals surface area contributed by atoms with Gasteiger partial charge in [0.25, 0.3) is 5.91 Å². The minimum Gasteiger partial charge on any atom is -0.493 e. The molecule has 0 radical (unpaired) electrons. The molecule has 3 rings (SSSR count). The molecular formula is C19H27NO5. The minimum atomic E-state index is -0.0919. The molecule has 0 spiro atoms.